The molecule has 0 aromatic carbocycles. The van der Waals surface area contributed by atoms with Gasteiger partial charge in [-0.3, -0.25) is 4.57 Å². The second-order valence-electron chi connectivity index (χ2n) is 4.93. The van der Waals surface area contributed by atoms with Crippen molar-refractivity contribution in [3.63, 3.8) is 0 Å². The van der Waals surface area contributed by atoms with Crippen LogP contribution < -0.4 is 11.5 Å². The van der Waals surface area contributed by atoms with Crippen molar-refractivity contribution in [2.24, 2.45) is 0 Å². The molecule has 2 aromatic heterocycles. The average Bonchev–Trinajstić information content (AvgIpc) is 2.93. The lowest BCUT2D eigenvalue weighted by molar-refractivity contribution is -0.00893. The van der Waals surface area contributed by atoms with Crippen LogP contribution in [0.4, 0.5) is 11.8 Å². The summed E-state index contributed by atoms with van der Waals surface area (Å²) in [6, 6.07) is 0. The molecule has 0 saturated heterocycles. The van der Waals surface area contributed by atoms with Gasteiger partial charge in [0.15, 0.2) is 11.5 Å². The van der Waals surface area contributed by atoms with E-state index in [1.165, 1.54) is 6.33 Å². The summed E-state index contributed by atoms with van der Waals surface area (Å²) in [6.45, 7) is 2.81. The smallest absolute Gasteiger partial charge is 0.353 e. The van der Waals surface area contributed by atoms with Gasteiger partial charge in [0.05, 0.1) is 25.6 Å². The SMILES string of the molecule is CCOCC(Cn1cnc2c(N)nc(N)nc21)OCP(=O)(O)OC. The first-order chi connectivity index (χ1) is 11.4. The van der Waals surface area contributed by atoms with Crippen molar-refractivity contribution in [2.45, 2.75) is 19.6 Å². The Kier molecular flexibility index (Phi) is 6.08. The Hall–Kier alpha value is -1.78. The van der Waals surface area contributed by atoms with Gasteiger partial charge in [-0.2, -0.15) is 9.97 Å². The van der Waals surface area contributed by atoms with Gasteiger partial charge in [0.25, 0.3) is 0 Å². The third-order valence-corrected chi connectivity index (χ3v) is 4.22. The van der Waals surface area contributed by atoms with Crippen molar-refractivity contribution >= 4 is 30.5 Å². The molecule has 2 heterocycles. The van der Waals surface area contributed by atoms with Gasteiger partial charge in [0, 0.05) is 13.7 Å². The molecule has 5 N–H and O–H groups in total. The minimum atomic E-state index is -3.78. The number of nitrogens with zero attached hydrogens (tertiary/aromatic N) is 4. The van der Waals surface area contributed by atoms with Gasteiger partial charge >= 0.3 is 7.60 Å². The van der Waals surface area contributed by atoms with E-state index in [0.29, 0.717) is 17.8 Å². The van der Waals surface area contributed by atoms with E-state index in [9.17, 15) is 9.46 Å². The van der Waals surface area contributed by atoms with Crippen LogP contribution in [0.5, 0.6) is 0 Å². The van der Waals surface area contributed by atoms with Crippen molar-refractivity contribution in [1.29, 1.82) is 0 Å². The average molecular weight is 360 g/mol. The number of nitrogen functional groups attached to an aromatic ring is 2. The predicted octanol–water partition coefficient (Wildman–Crippen LogP) is 0.202. The maximum Gasteiger partial charge on any atom is 0.353 e. The fourth-order valence-corrected chi connectivity index (χ4v) is 2.50. The van der Waals surface area contributed by atoms with Gasteiger partial charge in [-0.1, -0.05) is 0 Å². The quantitative estimate of drug-likeness (QED) is 0.527. The van der Waals surface area contributed by atoms with Gasteiger partial charge in [0.2, 0.25) is 5.95 Å². The zero-order valence-corrected chi connectivity index (χ0v) is 14.3. The molecule has 2 rings (SSSR count). The Morgan fingerprint density at radius 2 is 2.17 bits per heavy atom. The van der Waals surface area contributed by atoms with Crippen molar-refractivity contribution in [3.8, 4) is 0 Å². The lowest BCUT2D eigenvalue weighted by Crippen LogP contribution is -2.26. The van der Waals surface area contributed by atoms with Gasteiger partial charge in [-0.25, -0.2) is 4.98 Å². The zero-order chi connectivity index (χ0) is 17.7. The molecule has 0 aliphatic carbocycles. The van der Waals surface area contributed by atoms with Crippen LogP contribution in [-0.4, -0.2) is 57.2 Å². The molecule has 2 atom stereocenters. The topological polar surface area (TPSA) is 161 Å². The molecule has 0 radical (unpaired) electrons. The number of imidazole rings is 1. The molecule has 0 aliphatic rings. The molecule has 0 saturated carbocycles. The van der Waals surface area contributed by atoms with Crippen LogP contribution >= 0.6 is 7.60 Å². The summed E-state index contributed by atoms with van der Waals surface area (Å²) in [5.74, 6) is 0.209. The third kappa shape index (κ3) is 4.62. The summed E-state index contributed by atoms with van der Waals surface area (Å²) in [6.07, 6.45) is 0.551. The van der Waals surface area contributed by atoms with Crippen LogP contribution in [0.3, 0.4) is 0 Å². The Labute approximate surface area is 138 Å². The molecule has 12 heteroatoms. The van der Waals surface area contributed by atoms with Gasteiger partial charge < -0.3 is 34.9 Å². The van der Waals surface area contributed by atoms with E-state index in [1.807, 2.05) is 6.92 Å². The van der Waals surface area contributed by atoms with Crippen LogP contribution in [0.15, 0.2) is 6.33 Å². The lowest BCUT2D eigenvalue weighted by Gasteiger charge is -2.19. The molecular weight excluding hydrogens is 339 g/mol. The lowest BCUT2D eigenvalue weighted by atomic mass is 10.3. The Morgan fingerprint density at radius 3 is 2.83 bits per heavy atom. The van der Waals surface area contributed by atoms with E-state index in [0.717, 1.165) is 7.11 Å². The van der Waals surface area contributed by atoms with Crippen LogP contribution in [0.25, 0.3) is 11.2 Å². The summed E-state index contributed by atoms with van der Waals surface area (Å²) in [5, 5.41) is 0. The highest BCUT2D eigenvalue weighted by Gasteiger charge is 2.22. The number of hydrogen-bond donors (Lipinski definition) is 3. The molecule has 134 valence electrons. The van der Waals surface area contributed by atoms with Crippen LogP contribution in [-0.2, 0) is 25.1 Å². The standard InChI is InChI=1S/C12H21N6O5P/c1-3-22-5-8(23-7-24(19,20)21-2)4-18-6-15-9-10(13)16-12(14)17-11(9)18/h6,8H,3-5,7H2,1-2H3,(H,19,20)(H4,13,14,16,17). The summed E-state index contributed by atoms with van der Waals surface area (Å²) in [4.78, 5) is 21.6. The number of hydrogen-bond acceptors (Lipinski definition) is 9. The Balaban J connectivity index is 2.18. The number of anilines is 2. The van der Waals surface area contributed by atoms with E-state index in [1.54, 1.807) is 4.57 Å². The third-order valence-electron chi connectivity index (χ3n) is 3.18. The Bertz CT molecular complexity index is 738. The molecule has 0 amide bonds. The van der Waals surface area contributed by atoms with Crippen molar-refractivity contribution in [3.05, 3.63) is 6.33 Å². The second-order valence-corrected chi connectivity index (χ2v) is 6.83. The fourth-order valence-electron chi connectivity index (χ4n) is 1.99. The minimum Gasteiger partial charge on any atom is -0.382 e. The number of rotatable bonds is 9. The van der Waals surface area contributed by atoms with Crippen molar-refractivity contribution in [1.82, 2.24) is 19.5 Å². The normalized spacial score (nSPS) is 15.5. The largest absolute Gasteiger partial charge is 0.382 e. The van der Waals surface area contributed by atoms with Gasteiger partial charge in [-0.05, 0) is 6.92 Å². The number of ether oxygens (including phenoxy) is 2. The first-order valence-electron chi connectivity index (χ1n) is 7.17. The van der Waals surface area contributed by atoms with Crippen molar-refractivity contribution < 1.29 is 23.5 Å². The number of nitrogens with two attached hydrogens (primary N) is 2. The zero-order valence-electron chi connectivity index (χ0n) is 13.5. The highest BCUT2D eigenvalue weighted by molar-refractivity contribution is 7.52. The predicted molar refractivity (Wildman–Crippen MR) is 87.2 cm³/mol. The molecule has 0 fully saturated rings. The summed E-state index contributed by atoms with van der Waals surface area (Å²) in [7, 11) is -2.64. The molecule has 2 aromatic rings. The van der Waals surface area contributed by atoms with Gasteiger partial charge in [-0.15, -0.1) is 0 Å². The second kappa shape index (κ2) is 7.86. The molecule has 0 bridgehead atoms. The molecule has 24 heavy (non-hydrogen) atoms. The van der Waals surface area contributed by atoms with Crippen LogP contribution in [0, 0.1) is 0 Å². The number of fused-ring (bicyclic) bond motifs is 1. The molecular formula is C12H21N6O5P. The highest BCUT2D eigenvalue weighted by atomic mass is 31.2. The van der Waals surface area contributed by atoms with Crippen LogP contribution in [0.2, 0.25) is 0 Å². The molecule has 2 unspecified atom stereocenters. The van der Waals surface area contributed by atoms with Crippen LogP contribution in [0.1, 0.15) is 6.92 Å². The maximum absolute atomic E-state index is 11.6. The van der Waals surface area contributed by atoms with E-state index in [4.69, 9.17) is 20.9 Å². The monoisotopic (exact) mass is 360 g/mol. The highest BCUT2D eigenvalue weighted by Crippen LogP contribution is 2.40. The molecule has 11 nitrogen and oxygen atoms in total. The maximum atomic E-state index is 11.6. The van der Waals surface area contributed by atoms with E-state index >= 15 is 0 Å². The summed E-state index contributed by atoms with van der Waals surface area (Å²) >= 11 is 0. The van der Waals surface area contributed by atoms with Gasteiger partial charge in [0.1, 0.15) is 11.9 Å². The first kappa shape index (κ1) is 18.6. The fraction of sp³-hybridized carbons (Fsp3) is 0.583. The molecule has 0 aliphatic heterocycles. The summed E-state index contributed by atoms with van der Waals surface area (Å²) in [5.41, 5.74) is 12.2. The van der Waals surface area contributed by atoms with E-state index < -0.39 is 20.0 Å². The number of aromatic nitrogens is 4. The Morgan fingerprint density at radius 1 is 1.42 bits per heavy atom. The first-order valence-corrected chi connectivity index (χ1v) is 8.93. The van der Waals surface area contributed by atoms with E-state index in [2.05, 4.69) is 19.5 Å². The minimum absolute atomic E-state index is 0.0308. The molecule has 0 spiro atoms. The summed E-state index contributed by atoms with van der Waals surface area (Å²) < 4.78 is 28.5. The van der Waals surface area contributed by atoms with E-state index in [-0.39, 0.29) is 24.9 Å². The van der Waals surface area contributed by atoms with Crippen molar-refractivity contribution in [2.75, 3.05) is 38.1 Å².